The molecule has 0 spiro atoms. The molecule has 16 heavy (non-hydrogen) atoms. The zero-order chi connectivity index (χ0) is 12.0. The third-order valence-corrected chi connectivity index (χ3v) is 2.70. The highest BCUT2D eigenvalue weighted by atomic mass is 16.5. The molecule has 1 unspecified atom stereocenters. The highest BCUT2D eigenvalue weighted by molar-refractivity contribution is 5.53. The Hall–Kier alpha value is -1.38. The van der Waals surface area contributed by atoms with Crippen LogP contribution in [0.25, 0.3) is 0 Å². The van der Waals surface area contributed by atoms with Gasteiger partial charge in [-0.3, -0.25) is 0 Å². The van der Waals surface area contributed by atoms with Gasteiger partial charge in [-0.1, -0.05) is 20.3 Å². The van der Waals surface area contributed by atoms with Gasteiger partial charge in [-0.05, 0) is 5.92 Å². The Bertz CT molecular complexity index is 303. The summed E-state index contributed by atoms with van der Waals surface area (Å²) in [6.07, 6.45) is 1.17. The van der Waals surface area contributed by atoms with Gasteiger partial charge in [0.2, 0.25) is 0 Å². The van der Waals surface area contributed by atoms with Crippen LogP contribution in [0.3, 0.4) is 0 Å². The Morgan fingerprint density at radius 1 is 1.12 bits per heavy atom. The molecule has 0 radical (unpaired) electrons. The van der Waals surface area contributed by atoms with Gasteiger partial charge in [-0.25, -0.2) is 0 Å². The topological polar surface area (TPSA) is 30.5 Å². The Kier molecular flexibility index (Phi) is 4.96. The van der Waals surface area contributed by atoms with Crippen molar-refractivity contribution in [2.75, 3.05) is 26.1 Å². The van der Waals surface area contributed by atoms with Crippen molar-refractivity contribution in [1.82, 2.24) is 0 Å². The van der Waals surface area contributed by atoms with Gasteiger partial charge in [0.1, 0.15) is 11.5 Å². The number of ether oxygens (including phenoxy) is 2. The third kappa shape index (κ3) is 3.65. The van der Waals surface area contributed by atoms with E-state index in [-0.39, 0.29) is 0 Å². The Balaban J connectivity index is 2.71. The molecule has 0 aliphatic heterocycles. The molecule has 3 nitrogen and oxygen atoms in total. The van der Waals surface area contributed by atoms with Gasteiger partial charge in [-0.2, -0.15) is 0 Å². The van der Waals surface area contributed by atoms with E-state index in [0.29, 0.717) is 5.92 Å². The van der Waals surface area contributed by atoms with Gasteiger partial charge in [0, 0.05) is 30.4 Å². The largest absolute Gasteiger partial charge is 0.497 e. The average molecular weight is 223 g/mol. The number of hydrogen-bond acceptors (Lipinski definition) is 3. The first-order valence-corrected chi connectivity index (χ1v) is 5.66. The van der Waals surface area contributed by atoms with Crippen molar-refractivity contribution in [3.05, 3.63) is 18.2 Å². The van der Waals surface area contributed by atoms with E-state index in [1.54, 1.807) is 14.2 Å². The second-order valence-corrected chi connectivity index (χ2v) is 4.00. The maximum Gasteiger partial charge on any atom is 0.124 e. The minimum Gasteiger partial charge on any atom is -0.497 e. The van der Waals surface area contributed by atoms with Crippen LogP contribution < -0.4 is 14.8 Å². The second-order valence-electron chi connectivity index (χ2n) is 4.00. The number of hydrogen-bond donors (Lipinski definition) is 1. The summed E-state index contributed by atoms with van der Waals surface area (Å²) in [5.74, 6) is 2.29. The van der Waals surface area contributed by atoms with Crippen molar-refractivity contribution in [1.29, 1.82) is 0 Å². The minimum absolute atomic E-state index is 0.664. The first-order valence-electron chi connectivity index (χ1n) is 5.66. The quantitative estimate of drug-likeness (QED) is 0.803. The highest BCUT2D eigenvalue weighted by Crippen LogP contribution is 2.25. The number of nitrogens with one attached hydrogen (secondary N) is 1. The number of benzene rings is 1. The molecule has 1 N–H and O–H groups in total. The summed E-state index contributed by atoms with van der Waals surface area (Å²) < 4.78 is 10.4. The van der Waals surface area contributed by atoms with E-state index in [0.717, 1.165) is 23.7 Å². The molecule has 1 aromatic rings. The van der Waals surface area contributed by atoms with Crippen LogP contribution in [0.1, 0.15) is 20.3 Å². The van der Waals surface area contributed by atoms with Crippen molar-refractivity contribution < 1.29 is 9.47 Å². The lowest BCUT2D eigenvalue weighted by Gasteiger charge is -2.13. The molecule has 0 amide bonds. The maximum absolute atomic E-state index is 5.21. The molecule has 1 aromatic carbocycles. The maximum atomic E-state index is 5.21. The molecule has 0 aliphatic carbocycles. The van der Waals surface area contributed by atoms with Gasteiger partial charge in [0.15, 0.2) is 0 Å². The van der Waals surface area contributed by atoms with E-state index >= 15 is 0 Å². The molecule has 0 saturated heterocycles. The van der Waals surface area contributed by atoms with E-state index in [1.165, 1.54) is 6.42 Å². The molecule has 0 fully saturated rings. The van der Waals surface area contributed by atoms with Crippen LogP contribution in [0.4, 0.5) is 5.69 Å². The molecular weight excluding hydrogens is 202 g/mol. The normalized spacial score (nSPS) is 12.0. The fraction of sp³-hybridized carbons (Fsp3) is 0.538. The molecule has 3 heteroatoms. The summed E-state index contributed by atoms with van der Waals surface area (Å²) in [5, 5.41) is 3.38. The predicted octanol–water partition coefficient (Wildman–Crippen LogP) is 3.16. The molecule has 0 heterocycles. The van der Waals surface area contributed by atoms with E-state index in [4.69, 9.17) is 9.47 Å². The van der Waals surface area contributed by atoms with Gasteiger partial charge in [-0.15, -0.1) is 0 Å². The number of methoxy groups -OCH3 is 2. The van der Waals surface area contributed by atoms with Crippen LogP contribution in [0.15, 0.2) is 18.2 Å². The summed E-state index contributed by atoms with van der Waals surface area (Å²) in [6.45, 7) is 5.38. The van der Waals surface area contributed by atoms with Crippen LogP contribution in [0, 0.1) is 5.92 Å². The molecule has 1 atom stereocenters. The van der Waals surface area contributed by atoms with Crippen molar-refractivity contribution in [2.45, 2.75) is 20.3 Å². The lowest BCUT2D eigenvalue weighted by atomic mass is 10.1. The SMILES string of the molecule is CCC(C)CNc1cc(OC)cc(OC)c1. The summed E-state index contributed by atoms with van der Waals surface area (Å²) in [5.41, 5.74) is 1.04. The summed E-state index contributed by atoms with van der Waals surface area (Å²) in [6, 6.07) is 5.82. The molecule has 90 valence electrons. The van der Waals surface area contributed by atoms with E-state index in [9.17, 15) is 0 Å². The molecule has 0 aliphatic rings. The molecule has 0 bridgehead atoms. The van der Waals surface area contributed by atoms with Gasteiger partial charge >= 0.3 is 0 Å². The van der Waals surface area contributed by atoms with Gasteiger partial charge < -0.3 is 14.8 Å². The van der Waals surface area contributed by atoms with Crippen molar-refractivity contribution in [3.8, 4) is 11.5 Å². The van der Waals surface area contributed by atoms with E-state index < -0.39 is 0 Å². The van der Waals surface area contributed by atoms with E-state index in [1.807, 2.05) is 18.2 Å². The Labute approximate surface area is 97.8 Å². The summed E-state index contributed by atoms with van der Waals surface area (Å²) in [7, 11) is 3.32. The van der Waals surface area contributed by atoms with Crippen LogP contribution in [0.2, 0.25) is 0 Å². The molecule has 0 saturated carbocycles. The zero-order valence-corrected chi connectivity index (χ0v) is 10.5. The molecule has 0 aromatic heterocycles. The molecular formula is C13H21NO2. The van der Waals surface area contributed by atoms with Crippen molar-refractivity contribution >= 4 is 5.69 Å². The fourth-order valence-corrected chi connectivity index (χ4v) is 1.35. The Morgan fingerprint density at radius 2 is 1.69 bits per heavy atom. The third-order valence-electron chi connectivity index (χ3n) is 2.70. The standard InChI is InChI=1S/C13H21NO2/c1-5-10(2)9-14-11-6-12(15-3)8-13(7-11)16-4/h6-8,10,14H,5,9H2,1-4H3. The first kappa shape index (κ1) is 12.7. The highest BCUT2D eigenvalue weighted by Gasteiger charge is 2.03. The van der Waals surface area contributed by atoms with Gasteiger partial charge in [0.25, 0.3) is 0 Å². The van der Waals surface area contributed by atoms with Gasteiger partial charge in [0.05, 0.1) is 14.2 Å². The van der Waals surface area contributed by atoms with Crippen LogP contribution in [0.5, 0.6) is 11.5 Å². The van der Waals surface area contributed by atoms with Crippen molar-refractivity contribution in [3.63, 3.8) is 0 Å². The van der Waals surface area contributed by atoms with E-state index in [2.05, 4.69) is 19.2 Å². The lowest BCUT2D eigenvalue weighted by molar-refractivity contribution is 0.394. The van der Waals surface area contributed by atoms with Crippen LogP contribution >= 0.6 is 0 Å². The van der Waals surface area contributed by atoms with Crippen LogP contribution in [-0.2, 0) is 0 Å². The predicted molar refractivity (Wildman–Crippen MR) is 67.5 cm³/mol. The monoisotopic (exact) mass is 223 g/mol. The fourth-order valence-electron chi connectivity index (χ4n) is 1.35. The molecule has 1 rings (SSSR count). The zero-order valence-electron chi connectivity index (χ0n) is 10.5. The number of anilines is 1. The second kappa shape index (κ2) is 6.26. The average Bonchev–Trinajstić information content (AvgIpc) is 2.35. The van der Waals surface area contributed by atoms with Crippen molar-refractivity contribution in [2.24, 2.45) is 5.92 Å². The Morgan fingerprint density at radius 3 is 2.12 bits per heavy atom. The first-order chi connectivity index (χ1) is 7.69. The summed E-state index contributed by atoms with van der Waals surface area (Å²) in [4.78, 5) is 0. The van der Waals surface area contributed by atoms with Crippen LogP contribution in [-0.4, -0.2) is 20.8 Å². The lowest BCUT2D eigenvalue weighted by Crippen LogP contribution is -2.10. The summed E-state index contributed by atoms with van der Waals surface area (Å²) >= 11 is 0. The minimum atomic E-state index is 0.664. The number of rotatable bonds is 6. The smallest absolute Gasteiger partial charge is 0.124 e.